The van der Waals surface area contributed by atoms with Crippen molar-refractivity contribution in [2.75, 3.05) is 25.6 Å². The SMILES string of the molecule is COc1ccc(Cn2c(NCCO)cc3c2c(=O)n(C)c(=O)n3C)cc1. The van der Waals surface area contributed by atoms with Crippen LogP contribution < -0.4 is 21.3 Å². The number of hydrogen-bond donors (Lipinski definition) is 2. The third-order valence-electron chi connectivity index (χ3n) is 4.44. The van der Waals surface area contributed by atoms with E-state index in [0.717, 1.165) is 15.9 Å². The number of fused-ring (bicyclic) bond motifs is 1. The van der Waals surface area contributed by atoms with Crippen LogP contribution in [0.3, 0.4) is 0 Å². The number of nitrogens with one attached hydrogen (secondary N) is 1. The van der Waals surface area contributed by atoms with Gasteiger partial charge in [0.25, 0.3) is 5.56 Å². The van der Waals surface area contributed by atoms with Gasteiger partial charge in [0.2, 0.25) is 0 Å². The maximum atomic E-state index is 12.7. The molecule has 138 valence electrons. The van der Waals surface area contributed by atoms with Crippen LogP contribution in [0.5, 0.6) is 5.75 Å². The van der Waals surface area contributed by atoms with Crippen LogP contribution >= 0.6 is 0 Å². The molecule has 3 aromatic rings. The van der Waals surface area contributed by atoms with Crippen molar-refractivity contribution in [2.45, 2.75) is 6.54 Å². The van der Waals surface area contributed by atoms with Crippen molar-refractivity contribution in [3.8, 4) is 5.75 Å². The average Bonchev–Trinajstić information content (AvgIpc) is 3.02. The lowest BCUT2D eigenvalue weighted by Crippen LogP contribution is -2.37. The van der Waals surface area contributed by atoms with Crippen molar-refractivity contribution in [3.63, 3.8) is 0 Å². The zero-order valence-corrected chi connectivity index (χ0v) is 15.0. The van der Waals surface area contributed by atoms with Crippen LogP contribution in [0.4, 0.5) is 5.82 Å². The maximum absolute atomic E-state index is 12.7. The molecule has 0 aliphatic heterocycles. The lowest BCUT2D eigenvalue weighted by atomic mass is 10.2. The quantitative estimate of drug-likeness (QED) is 0.670. The summed E-state index contributed by atoms with van der Waals surface area (Å²) in [5.74, 6) is 1.42. The molecule has 3 rings (SSSR count). The first-order chi connectivity index (χ1) is 12.5. The Morgan fingerprint density at radius 3 is 2.42 bits per heavy atom. The van der Waals surface area contributed by atoms with E-state index < -0.39 is 0 Å². The Balaban J connectivity index is 2.19. The van der Waals surface area contributed by atoms with Crippen LogP contribution in [0.1, 0.15) is 5.56 Å². The van der Waals surface area contributed by atoms with Crippen molar-refractivity contribution >= 4 is 16.9 Å². The van der Waals surface area contributed by atoms with Crippen LogP contribution in [-0.2, 0) is 20.6 Å². The average molecular weight is 358 g/mol. The molecule has 0 radical (unpaired) electrons. The molecule has 26 heavy (non-hydrogen) atoms. The maximum Gasteiger partial charge on any atom is 0.331 e. The van der Waals surface area contributed by atoms with E-state index in [1.54, 1.807) is 20.2 Å². The van der Waals surface area contributed by atoms with E-state index in [0.29, 0.717) is 29.9 Å². The second kappa shape index (κ2) is 7.09. The number of ether oxygens (including phenoxy) is 1. The fourth-order valence-electron chi connectivity index (χ4n) is 3.00. The first kappa shape index (κ1) is 17.8. The van der Waals surface area contributed by atoms with Crippen LogP contribution in [-0.4, -0.2) is 39.1 Å². The highest BCUT2D eigenvalue weighted by Crippen LogP contribution is 2.22. The summed E-state index contributed by atoms with van der Waals surface area (Å²) in [6.45, 7) is 0.739. The molecule has 8 heteroatoms. The Morgan fingerprint density at radius 2 is 1.81 bits per heavy atom. The third-order valence-corrected chi connectivity index (χ3v) is 4.44. The third kappa shape index (κ3) is 2.99. The molecule has 0 saturated carbocycles. The Kier molecular flexibility index (Phi) is 4.85. The number of aryl methyl sites for hydroxylation is 1. The number of methoxy groups -OCH3 is 1. The monoisotopic (exact) mass is 358 g/mol. The number of anilines is 1. The van der Waals surface area contributed by atoms with Gasteiger partial charge in [-0.2, -0.15) is 0 Å². The Bertz CT molecular complexity index is 1040. The summed E-state index contributed by atoms with van der Waals surface area (Å²) in [6, 6.07) is 9.32. The second-order valence-corrected chi connectivity index (χ2v) is 6.05. The summed E-state index contributed by atoms with van der Waals surface area (Å²) in [4.78, 5) is 24.9. The predicted octanol–water partition coefficient (Wildman–Crippen LogP) is 0.500. The van der Waals surface area contributed by atoms with E-state index in [1.165, 1.54) is 11.6 Å². The van der Waals surface area contributed by atoms with Gasteiger partial charge in [-0.15, -0.1) is 0 Å². The highest BCUT2D eigenvalue weighted by Gasteiger charge is 2.17. The first-order valence-corrected chi connectivity index (χ1v) is 8.24. The van der Waals surface area contributed by atoms with Crippen LogP contribution in [0.25, 0.3) is 11.0 Å². The minimum absolute atomic E-state index is 0.0407. The molecular formula is C18H22N4O4. The van der Waals surface area contributed by atoms with Crippen LogP contribution in [0.15, 0.2) is 39.9 Å². The molecule has 0 amide bonds. The van der Waals surface area contributed by atoms with E-state index in [1.807, 2.05) is 28.8 Å². The topological polar surface area (TPSA) is 90.4 Å². The smallest absolute Gasteiger partial charge is 0.331 e. The number of nitrogens with zero attached hydrogens (tertiary/aromatic N) is 3. The number of benzene rings is 1. The lowest BCUT2D eigenvalue weighted by molar-refractivity contribution is 0.311. The van der Waals surface area contributed by atoms with E-state index >= 15 is 0 Å². The molecule has 1 aromatic carbocycles. The van der Waals surface area contributed by atoms with Gasteiger partial charge in [-0.05, 0) is 17.7 Å². The molecule has 8 nitrogen and oxygen atoms in total. The van der Waals surface area contributed by atoms with Crippen LogP contribution in [0.2, 0.25) is 0 Å². The van der Waals surface area contributed by atoms with E-state index in [2.05, 4.69) is 5.32 Å². The van der Waals surface area contributed by atoms with Crippen molar-refractivity contribution in [2.24, 2.45) is 14.1 Å². The van der Waals surface area contributed by atoms with Gasteiger partial charge in [-0.25, -0.2) is 4.79 Å². The van der Waals surface area contributed by atoms with E-state index in [-0.39, 0.29) is 17.9 Å². The predicted molar refractivity (Wildman–Crippen MR) is 100 cm³/mol. The van der Waals surface area contributed by atoms with Gasteiger partial charge in [0.1, 0.15) is 17.1 Å². The fourth-order valence-corrected chi connectivity index (χ4v) is 3.00. The summed E-state index contributed by atoms with van der Waals surface area (Å²) in [7, 11) is 4.71. The van der Waals surface area contributed by atoms with Gasteiger partial charge in [0, 0.05) is 33.3 Å². The number of aromatic nitrogens is 3. The number of aliphatic hydroxyl groups is 1. The van der Waals surface area contributed by atoms with Gasteiger partial charge in [0.05, 0.1) is 19.2 Å². The minimum Gasteiger partial charge on any atom is -0.497 e. The summed E-state index contributed by atoms with van der Waals surface area (Å²) >= 11 is 0. The molecule has 2 aromatic heterocycles. The Hall–Kier alpha value is -3.00. The van der Waals surface area contributed by atoms with Crippen molar-refractivity contribution in [1.29, 1.82) is 0 Å². The molecule has 0 fully saturated rings. The zero-order chi connectivity index (χ0) is 18.8. The standard InChI is InChI=1S/C18H22N4O4/c1-20-14-10-15(19-8-9-23)22(16(14)17(24)21(2)18(20)25)11-12-4-6-13(26-3)7-5-12/h4-7,10,19,23H,8-9,11H2,1-3H3. The molecule has 0 unspecified atom stereocenters. The molecule has 0 spiro atoms. The number of hydrogen-bond acceptors (Lipinski definition) is 5. The van der Waals surface area contributed by atoms with Crippen LogP contribution in [0, 0.1) is 0 Å². The fraction of sp³-hybridized carbons (Fsp3) is 0.333. The molecule has 2 N–H and O–H groups in total. The van der Waals surface area contributed by atoms with Gasteiger partial charge in [0.15, 0.2) is 0 Å². The Labute approximate surface area is 149 Å². The van der Waals surface area contributed by atoms with Crippen molar-refractivity contribution in [1.82, 2.24) is 13.7 Å². The van der Waals surface area contributed by atoms with E-state index in [4.69, 9.17) is 9.84 Å². The largest absolute Gasteiger partial charge is 0.497 e. The van der Waals surface area contributed by atoms with Gasteiger partial charge in [-0.3, -0.25) is 13.9 Å². The summed E-state index contributed by atoms with van der Waals surface area (Å²) < 4.78 is 9.55. The molecule has 0 aliphatic rings. The highest BCUT2D eigenvalue weighted by atomic mass is 16.5. The van der Waals surface area contributed by atoms with E-state index in [9.17, 15) is 9.59 Å². The highest BCUT2D eigenvalue weighted by molar-refractivity contribution is 5.81. The van der Waals surface area contributed by atoms with Gasteiger partial charge in [-0.1, -0.05) is 12.1 Å². The van der Waals surface area contributed by atoms with Crippen molar-refractivity contribution < 1.29 is 9.84 Å². The molecule has 0 aliphatic carbocycles. The summed E-state index contributed by atoms with van der Waals surface area (Å²) in [6.07, 6.45) is 0. The summed E-state index contributed by atoms with van der Waals surface area (Å²) in [5, 5.41) is 12.2. The van der Waals surface area contributed by atoms with Gasteiger partial charge < -0.3 is 19.7 Å². The molecule has 0 bridgehead atoms. The van der Waals surface area contributed by atoms with Gasteiger partial charge >= 0.3 is 5.69 Å². The normalized spacial score (nSPS) is 11.1. The molecule has 0 saturated heterocycles. The molecular weight excluding hydrogens is 336 g/mol. The molecule has 2 heterocycles. The Morgan fingerprint density at radius 1 is 1.12 bits per heavy atom. The minimum atomic E-state index is -0.377. The number of rotatable bonds is 6. The second-order valence-electron chi connectivity index (χ2n) is 6.05. The van der Waals surface area contributed by atoms with Crippen molar-refractivity contribution in [3.05, 3.63) is 56.7 Å². The number of aliphatic hydroxyl groups excluding tert-OH is 1. The molecule has 0 atom stereocenters. The zero-order valence-electron chi connectivity index (χ0n) is 15.0. The first-order valence-electron chi connectivity index (χ1n) is 8.24. The lowest BCUT2D eigenvalue weighted by Gasteiger charge is -2.13. The summed E-state index contributed by atoms with van der Waals surface area (Å²) in [5.41, 5.74) is 1.23.